The molecule has 1 unspecified atom stereocenters. The van der Waals surface area contributed by atoms with Crippen molar-refractivity contribution in [1.29, 1.82) is 0 Å². The Labute approximate surface area is 115 Å². The Morgan fingerprint density at radius 3 is 2.22 bits per heavy atom. The van der Waals surface area contributed by atoms with Crippen LogP contribution >= 0.6 is 0 Å². The highest BCUT2D eigenvalue weighted by atomic mass is 14.2. The first-order chi connectivity index (χ1) is 8.30. The van der Waals surface area contributed by atoms with Crippen molar-refractivity contribution in [1.82, 2.24) is 0 Å². The fraction of sp³-hybridized carbons (Fsp3) is 0.667. The summed E-state index contributed by atoms with van der Waals surface area (Å²) >= 11 is 0. The van der Waals surface area contributed by atoms with Crippen LogP contribution in [0.15, 0.2) is 37.0 Å². The van der Waals surface area contributed by atoms with E-state index in [-0.39, 0.29) is 0 Å². The van der Waals surface area contributed by atoms with E-state index in [9.17, 15) is 0 Å². The zero-order chi connectivity index (χ0) is 14.2. The summed E-state index contributed by atoms with van der Waals surface area (Å²) in [5, 5.41) is 0. The van der Waals surface area contributed by atoms with E-state index >= 15 is 0 Å². The number of allylic oxidation sites excluding steroid dienone is 4. The second-order valence-electron chi connectivity index (χ2n) is 6.65. The first-order valence-corrected chi connectivity index (χ1v) is 7.23. The molecule has 18 heavy (non-hydrogen) atoms. The topological polar surface area (TPSA) is 0 Å². The molecule has 1 atom stereocenters. The van der Waals surface area contributed by atoms with Crippen LogP contribution in [-0.4, -0.2) is 0 Å². The van der Waals surface area contributed by atoms with Crippen molar-refractivity contribution in [3.05, 3.63) is 37.0 Å². The maximum Gasteiger partial charge on any atom is -0.0262 e. The minimum absolute atomic E-state index is 0.333. The molecule has 0 rings (SSSR count). The van der Waals surface area contributed by atoms with Crippen LogP contribution in [0.1, 0.15) is 60.3 Å². The monoisotopic (exact) mass is 248 g/mol. The smallest absolute Gasteiger partial charge is 0.0262 e. The first kappa shape index (κ1) is 17.2. The van der Waals surface area contributed by atoms with E-state index < -0.39 is 0 Å². The Kier molecular flexibility index (Phi) is 7.98. The van der Waals surface area contributed by atoms with Gasteiger partial charge in [-0.25, -0.2) is 0 Å². The lowest BCUT2D eigenvalue weighted by atomic mass is 9.80. The zero-order valence-corrected chi connectivity index (χ0v) is 13.1. The standard InChI is InChI=1S/C18H32/c1-8-12-18(6,7)14-17(13-15(3)4)11-10-16(5)9-2/h8-9,13,15-16H,1-2,10-12,14H2,3-7H3. The van der Waals surface area contributed by atoms with Crippen molar-refractivity contribution in [2.24, 2.45) is 17.3 Å². The predicted molar refractivity (Wildman–Crippen MR) is 84.7 cm³/mol. The quantitative estimate of drug-likeness (QED) is 0.428. The van der Waals surface area contributed by atoms with E-state index in [1.807, 2.05) is 6.08 Å². The van der Waals surface area contributed by atoms with Gasteiger partial charge in [-0.2, -0.15) is 0 Å². The largest absolute Gasteiger partial charge is 0.103 e. The van der Waals surface area contributed by atoms with Crippen molar-refractivity contribution in [3.8, 4) is 0 Å². The Hall–Kier alpha value is -0.780. The van der Waals surface area contributed by atoms with Gasteiger partial charge in [0.25, 0.3) is 0 Å². The summed E-state index contributed by atoms with van der Waals surface area (Å²) in [6.45, 7) is 19.2. The second kappa shape index (κ2) is 8.34. The average molecular weight is 248 g/mol. The van der Waals surface area contributed by atoms with E-state index in [0.717, 1.165) is 6.42 Å². The molecule has 0 aromatic carbocycles. The predicted octanol–water partition coefficient (Wildman–Crippen LogP) is 6.16. The van der Waals surface area contributed by atoms with Crippen LogP contribution in [0.2, 0.25) is 0 Å². The van der Waals surface area contributed by atoms with Crippen LogP contribution in [0.5, 0.6) is 0 Å². The third-order valence-electron chi connectivity index (χ3n) is 3.29. The maximum atomic E-state index is 3.87. The van der Waals surface area contributed by atoms with Gasteiger partial charge in [-0.3, -0.25) is 0 Å². The third-order valence-corrected chi connectivity index (χ3v) is 3.29. The molecule has 0 heteroatoms. The molecule has 0 aromatic heterocycles. The number of rotatable bonds is 9. The molecule has 0 bridgehead atoms. The lowest BCUT2D eigenvalue weighted by Gasteiger charge is -2.25. The Balaban J connectivity index is 4.59. The normalized spacial score (nSPS) is 14.7. The van der Waals surface area contributed by atoms with Gasteiger partial charge in [0, 0.05) is 0 Å². The number of hydrogen-bond acceptors (Lipinski definition) is 0. The molecule has 0 heterocycles. The SMILES string of the molecule is C=CCC(C)(C)CC(=CC(C)C)CCC(C)C=C. The molecule has 104 valence electrons. The van der Waals surface area contributed by atoms with Crippen LogP contribution in [0.25, 0.3) is 0 Å². The van der Waals surface area contributed by atoms with Crippen LogP contribution in [0.3, 0.4) is 0 Å². The van der Waals surface area contributed by atoms with E-state index in [4.69, 9.17) is 0 Å². The highest BCUT2D eigenvalue weighted by molar-refractivity contribution is 5.07. The lowest BCUT2D eigenvalue weighted by Crippen LogP contribution is -2.12. The lowest BCUT2D eigenvalue weighted by molar-refractivity contribution is 0.360. The van der Waals surface area contributed by atoms with E-state index in [1.165, 1.54) is 19.3 Å². The van der Waals surface area contributed by atoms with Crippen molar-refractivity contribution in [2.75, 3.05) is 0 Å². The van der Waals surface area contributed by atoms with Crippen LogP contribution in [-0.2, 0) is 0 Å². The fourth-order valence-corrected chi connectivity index (χ4v) is 2.31. The molecule has 0 fully saturated rings. The molecule has 0 radical (unpaired) electrons. The molecule has 0 aliphatic carbocycles. The van der Waals surface area contributed by atoms with E-state index in [2.05, 4.69) is 59.9 Å². The summed E-state index contributed by atoms with van der Waals surface area (Å²) in [6.07, 6.45) is 11.2. The Morgan fingerprint density at radius 1 is 1.17 bits per heavy atom. The summed E-state index contributed by atoms with van der Waals surface area (Å²) < 4.78 is 0. The fourth-order valence-electron chi connectivity index (χ4n) is 2.31. The summed E-state index contributed by atoms with van der Waals surface area (Å²) in [4.78, 5) is 0. The molecule has 0 spiro atoms. The van der Waals surface area contributed by atoms with Crippen molar-refractivity contribution in [3.63, 3.8) is 0 Å². The summed E-state index contributed by atoms with van der Waals surface area (Å²) in [6, 6.07) is 0. The molecule has 0 aliphatic rings. The minimum atomic E-state index is 0.333. The molecule has 0 nitrogen and oxygen atoms in total. The molecular formula is C18H32. The third kappa shape index (κ3) is 8.33. The van der Waals surface area contributed by atoms with Gasteiger partial charge in [-0.15, -0.1) is 13.2 Å². The van der Waals surface area contributed by atoms with Gasteiger partial charge in [0.05, 0.1) is 0 Å². The molecule has 0 saturated carbocycles. The van der Waals surface area contributed by atoms with Gasteiger partial charge < -0.3 is 0 Å². The molecular weight excluding hydrogens is 216 g/mol. The molecule has 0 amide bonds. The van der Waals surface area contributed by atoms with Gasteiger partial charge in [-0.05, 0) is 42.9 Å². The van der Waals surface area contributed by atoms with Crippen LogP contribution in [0, 0.1) is 17.3 Å². The average Bonchev–Trinajstić information content (AvgIpc) is 2.23. The zero-order valence-electron chi connectivity index (χ0n) is 13.1. The molecule has 0 N–H and O–H groups in total. The van der Waals surface area contributed by atoms with Gasteiger partial charge in [0.2, 0.25) is 0 Å². The highest BCUT2D eigenvalue weighted by Gasteiger charge is 2.18. The Morgan fingerprint density at radius 2 is 1.78 bits per heavy atom. The van der Waals surface area contributed by atoms with E-state index in [0.29, 0.717) is 17.3 Å². The first-order valence-electron chi connectivity index (χ1n) is 7.23. The van der Waals surface area contributed by atoms with Crippen LogP contribution in [0.4, 0.5) is 0 Å². The van der Waals surface area contributed by atoms with Gasteiger partial charge >= 0.3 is 0 Å². The van der Waals surface area contributed by atoms with Gasteiger partial charge in [0.15, 0.2) is 0 Å². The number of hydrogen-bond donors (Lipinski definition) is 0. The molecule has 0 aliphatic heterocycles. The summed E-state index contributed by atoms with van der Waals surface area (Å²) in [5.41, 5.74) is 1.94. The van der Waals surface area contributed by atoms with Gasteiger partial charge in [0.1, 0.15) is 0 Å². The van der Waals surface area contributed by atoms with E-state index in [1.54, 1.807) is 5.57 Å². The molecule has 0 aromatic rings. The van der Waals surface area contributed by atoms with Crippen molar-refractivity contribution in [2.45, 2.75) is 60.3 Å². The summed E-state index contributed by atoms with van der Waals surface area (Å²) in [7, 11) is 0. The maximum absolute atomic E-state index is 3.87. The summed E-state index contributed by atoms with van der Waals surface area (Å²) in [5.74, 6) is 1.25. The van der Waals surface area contributed by atoms with Crippen molar-refractivity contribution >= 4 is 0 Å². The van der Waals surface area contributed by atoms with Crippen LogP contribution < -0.4 is 0 Å². The van der Waals surface area contributed by atoms with Crippen molar-refractivity contribution < 1.29 is 0 Å². The second-order valence-corrected chi connectivity index (χ2v) is 6.65. The highest BCUT2D eigenvalue weighted by Crippen LogP contribution is 2.32. The molecule has 0 saturated heterocycles. The minimum Gasteiger partial charge on any atom is -0.103 e. The Bertz CT molecular complexity index is 278. The van der Waals surface area contributed by atoms with Gasteiger partial charge in [-0.1, -0.05) is 58.4 Å².